The van der Waals surface area contributed by atoms with Crippen molar-refractivity contribution in [3.8, 4) is 23.8 Å². The molecule has 0 unspecified atom stereocenters. The number of hydrogen-bond acceptors (Lipinski definition) is 4. The zero-order chi connectivity index (χ0) is 19.5. The largest absolute Gasteiger partial charge is 0.486 e. The topological polar surface area (TPSA) is 52.8 Å². The number of ether oxygens (including phenoxy) is 2. The van der Waals surface area contributed by atoms with Crippen LogP contribution in [0, 0.1) is 12.3 Å². The summed E-state index contributed by atoms with van der Waals surface area (Å²) < 4.78 is 14.0. The van der Waals surface area contributed by atoms with Gasteiger partial charge in [0.05, 0.1) is 16.8 Å². The lowest BCUT2D eigenvalue weighted by atomic mass is 10.2. The van der Waals surface area contributed by atoms with Crippen LogP contribution in [0.1, 0.15) is 5.56 Å². The molecule has 1 aliphatic heterocycles. The van der Waals surface area contributed by atoms with Crippen LogP contribution in [0.5, 0.6) is 11.5 Å². The molecule has 4 rings (SSSR count). The molecule has 7 heteroatoms. The maximum Gasteiger partial charge on any atom is 0.272 e. The van der Waals surface area contributed by atoms with Crippen LogP contribution in [-0.2, 0) is 11.3 Å². The summed E-state index contributed by atoms with van der Waals surface area (Å²) >= 11 is 7.48. The van der Waals surface area contributed by atoms with E-state index in [4.69, 9.17) is 27.5 Å². The maximum atomic E-state index is 12.4. The Bertz CT molecular complexity index is 1200. The highest BCUT2D eigenvalue weighted by molar-refractivity contribution is 7.16. The van der Waals surface area contributed by atoms with Crippen molar-refractivity contribution in [2.75, 3.05) is 13.2 Å². The van der Waals surface area contributed by atoms with E-state index < -0.39 is 5.91 Å². The molecule has 2 aromatic carbocycles. The van der Waals surface area contributed by atoms with E-state index >= 15 is 0 Å². The number of amides is 1. The van der Waals surface area contributed by atoms with Gasteiger partial charge in [-0.3, -0.25) is 4.79 Å². The molecule has 3 aromatic rings. The van der Waals surface area contributed by atoms with Crippen LogP contribution in [0.4, 0.5) is 0 Å². The predicted octanol–water partition coefficient (Wildman–Crippen LogP) is 3.90. The van der Waals surface area contributed by atoms with E-state index in [1.54, 1.807) is 12.1 Å². The molecule has 5 nitrogen and oxygen atoms in total. The third-order valence-electron chi connectivity index (χ3n) is 4.11. The summed E-state index contributed by atoms with van der Waals surface area (Å²) in [4.78, 5) is 17.1. The number of fused-ring (bicyclic) bond motifs is 2. The average Bonchev–Trinajstić information content (AvgIpc) is 3.02. The quantitative estimate of drug-likeness (QED) is 0.486. The van der Waals surface area contributed by atoms with E-state index in [2.05, 4.69) is 10.9 Å². The first kappa shape index (κ1) is 18.4. The molecule has 0 N–H and O–H groups in total. The molecule has 0 atom stereocenters. The van der Waals surface area contributed by atoms with Crippen molar-refractivity contribution in [3.63, 3.8) is 0 Å². The predicted molar refractivity (Wildman–Crippen MR) is 111 cm³/mol. The standard InChI is InChI=1S/C21H15ClN2O3S/c1-2-9-24-16-12-17-18(27-11-10-26-17)13-19(16)28-21(24)23-20(25)8-7-14-5-3-4-6-15(14)22/h1,3-8,12-13H,9-11H2. The van der Waals surface area contributed by atoms with Gasteiger partial charge in [-0.2, -0.15) is 4.99 Å². The fraction of sp³-hybridized carbons (Fsp3) is 0.143. The van der Waals surface area contributed by atoms with Crippen molar-refractivity contribution in [2.45, 2.75) is 6.54 Å². The molecule has 0 spiro atoms. The van der Waals surface area contributed by atoms with E-state index in [0.717, 1.165) is 15.8 Å². The average molecular weight is 411 g/mol. The summed E-state index contributed by atoms with van der Waals surface area (Å²) in [5.74, 6) is 3.57. The smallest absolute Gasteiger partial charge is 0.272 e. The van der Waals surface area contributed by atoms with E-state index in [-0.39, 0.29) is 0 Å². The molecule has 0 aliphatic carbocycles. The zero-order valence-electron chi connectivity index (χ0n) is 14.7. The number of benzene rings is 2. The van der Waals surface area contributed by atoms with Crippen molar-refractivity contribution in [3.05, 3.63) is 57.9 Å². The summed E-state index contributed by atoms with van der Waals surface area (Å²) in [7, 11) is 0. The highest BCUT2D eigenvalue weighted by Gasteiger charge is 2.16. The van der Waals surface area contributed by atoms with Crippen LogP contribution in [0.25, 0.3) is 16.3 Å². The molecule has 0 saturated carbocycles. The molecule has 1 aliphatic rings. The van der Waals surface area contributed by atoms with Gasteiger partial charge in [-0.05, 0) is 17.7 Å². The fourth-order valence-corrected chi connectivity index (χ4v) is 4.08. The van der Waals surface area contributed by atoms with Crippen LogP contribution in [0.3, 0.4) is 0 Å². The number of hydrogen-bond donors (Lipinski definition) is 0. The van der Waals surface area contributed by atoms with Crippen LogP contribution >= 0.6 is 22.9 Å². The van der Waals surface area contributed by atoms with Crippen LogP contribution in [-0.4, -0.2) is 23.7 Å². The van der Waals surface area contributed by atoms with Crippen molar-refractivity contribution in [1.82, 2.24) is 4.57 Å². The van der Waals surface area contributed by atoms with Crippen LogP contribution < -0.4 is 14.3 Å². The lowest BCUT2D eigenvalue weighted by Gasteiger charge is -2.18. The van der Waals surface area contributed by atoms with Crippen LogP contribution in [0.15, 0.2) is 47.5 Å². The monoisotopic (exact) mass is 410 g/mol. The fourth-order valence-electron chi connectivity index (χ4n) is 2.84. The Hall–Kier alpha value is -3.01. The third kappa shape index (κ3) is 3.68. The van der Waals surface area contributed by atoms with Crippen molar-refractivity contribution < 1.29 is 14.3 Å². The molecule has 2 heterocycles. The second-order valence-corrected chi connectivity index (χ2v) is 7.36. The lowest BCUT2D eigenvalue weighted by Crippen LogP contribution is -2.17. The normalized spacial score (nSPS) is 13.8. The number of halogens is 1. The second-order valence-electron chi connectivity index (χ2n) is 5.94. The third-order valence-corrected chi connectivity index (χ3v) is 5.50. The molecule has 0 fully saturated rings. The van der Waals surface area contributed by atoms with Gasteiger partial charge in [-0.25, -0.2) is 0 Å². The van der Waals surface area contributed by atoms with E-state index in [0.29, 0.717) is 41.1 Å². The molecular formula is C21H15ClN2O3S. The minimum absolute atomic E-state index is 0.292. The Morgan fingerprint density at radius 1 is 1.29 bits per heavy atom. The zero-order valence-corrected chi connectivity index (χ0v) is 16.3. The summed E-state index contributed by atoms with van der Waals surface area (Å²) in [6.07, 6.45) is 8.56. The first-order chi connectivity index (χ1) is 13.7. The summed E-state index contributed by atoms with van der Waals surface area (Å²) in [5.41, 5.74) is 1.61. The molecule has 1 amide bonds. The van der Waals surface area contributed by atoms with Crippen molar-refractivity contribution >= 4 is 45.1 Å². The number of carbonyl (C=O) groups excluding carboxylic acids is 1. The SMILES string of the molecule is C#CCn1c(=NC(=O)C=Cc2ccccc2Cl)sc2cc3c(cc21)OCCO3. The highest BCUT2D eigenvalue weighted by atomic mass is 35.5. The Balaban J connectivity index is 1.74. The molecule has 0 bridgehead atoms. The number of terminal acetylenes is 1. The van der Waals surface area contributed by atoms with Crippen LogP contribution in [0.2, 0.25) is 5.02 Å². The Morgan fingerprint density at radius 3 is 2.79 bits per heavy atom. The maximum absolute atomic E-state index is 12.4. The van der Waals surface area contributed by atoms with Gasteiger partial charge < -0.3 is 14.0 Å². The van der Waals surface area contributed by atoms with Gasteiger partial charge in [0.2, 0.25) is 0 Å². The number of aromatic nitrogens is 1. The number of nitrogens with zero attached hydrogens (tertiary/aromatic N) is 2. The first-order valence-electron chi connectivity index (χ1n) is 8.53. The summed E-state index contributed by atoms with van der Waals surface area (Å²) in [5, 5.41) is 0.571. The minimum atomic E-state index is -0.394. The Morgan fingerprint density at radius 2 is 2.04 bits per heavy atom. The number of rotatable bonds is 3. The highest BCUT2D eigenvalue weighted by Crippen LogP contribution is 2.35. The summed E-state index contributed by atoms with van der Waals surface area (Å²) in [6, 6.07) is 11.0. The Labute approximate surface area is 170 Å². The molecule has 1 aromatic heterocycles. The first-order valence-corrected chi connectivity index (χ1v) is 9.73. The van der Waals surface area contributed by atoms with Crippen molar-refractivity contribution in [1.29, 1.82) is 0 Å². The van der Waals surface area contributed by atoms with Gasteiger partial charge in [0, 0.05) is 23.2 Å². The summed E-state index contributed by atoms with van der Waals surface area (Å²) in [6.45, 7) is 1.30. The lowest BCUT2D eigenvalue weighted by molar-refractivity contribution is -0.113. The van der Waals surface area contributed by atoms with E-state index in [9.17, 15) is 4.79 Å². The number of thiazole rings is 1. The van der Waals surface area contributed by atoms with E-state index in [1.165, 1.54) is 17.4 Å². The number of carbonyl (C=O) groups is 1. The van der Waals surface area contributed by atoms with Gasteiger partial charge in [0.25, 0.3) is 5.91 Å². The molecule has 140 valence electrons. The molecule has 0 saturated heterocycles. The van der Waals surface area contributed by atoms with Gasteiger partial charge in [0.15, 0.2) is 16.3 Å². The molecule has 28 heavy (non-hydrogen) atoms. The van der Waals surface area contributed by atoms with Gasteiger partial charge in [0.1, 0.15) is 13.2 Å². The van der Waals surface area contributed by atoms with Crippen molar-refractivity contribution in [2.24, 2.45) is 4.99 Å². The minimum Gasteiger partial charge on any atom is -0.486 e. The van der Waals surface area contributed by atoms with E-state index in [1.807, 2.05) is 34.9 Å². The van der Waals surface area contributed by atoms with Gasteiger partial charge in [-0.1, -0.05) is 47.1 Å². The molecule has 0 radical (unpaired) electrons. The van der Waals surface area contributed by atoms with Gasteiger partial charge in [-0.15, -0.1) is 6.42 Å². The molecular weight excluding hydrogens is 396 g/mol. The van der Waals surface area contributed by atoms with Gasteiger partial charge >= 0.3 is 0 Å². The Kier molecular flexibility index (Phi) is 5.20. The second kappa shape index (κ2) is 7.93.